The lowest BCUT2D eigenvalue weighted by atomic mass is 10.1. The van der Waals surface area contributed by atoms with E-state index in [1.165, 1.54) is 12.8 Å². The lowest BCUT2D eigenvalue weighted by molar-refractivity contribution is -0.116. The molecule has 1 aromatic rings. The molecule has 0 bridgehead atoms. The van der Waals surface area contributed by atoms with Gasteiger partial charge in [0.25, 0.3) is 0 Å². The van der Waals surface area contributed by atoms with Crippen molar-refractivity contribution in [2.24, 2.45) is 0 Å². The van der Waals surface area contributed by atoms with Crippen LogP contribution in [0.5, 0.6) is 0 Å². The van der Waals surface area contributed by atoms with E-state index in [9.17, 15) is 4.79 Å². The molecule has 4 N–H and O–H groups in total. The highest BCUT2D eigenvalue weighted by Gasteiger charge is 2.28. The monoisotopic (exact) mass is 277 g/mol. The van der Waals surface area contributed by atoms with E-state index >= 15 is 0 Å². The van der Waals surface area contributed by atoms with Gasteiger partial charge in [0, 0.05) is 36.9 Å². The van der Waals surface area contributed by atoms with Crippen LogP contribution in [-0.2, 0) is 4.79 Å². The first kappa shape index (κ1) is 14.8. The van der Waals surface area contributed by atoms with Crippen molar-refractivity contribution in [3.63, 3.8) is 0 Å². The number of aliphatic hydroxyl groups excluding tert-OH is 1. The molecule has 0 spiro atoms. The van der Waals surface area contributed by atoms with Crippen molar-refractivity contribution in [2.45, 2.75) is 32.2 Å². The number of amides is 1. The average molecular weight is 277 g/mol. The quantitative estimate of drug-likeness (QED) is 0.658. The molecule has 0 radical (unpaired) electrons. The van der Waals surface area contributed by atoms with Gasteiger partial charge in [0.05, 0.1) is 6.61 Å². The van der Waals surface area contributed by atoms with Gasteiger partial charge >= 0.3 is 0 Å². The van der Waals surface area contributed by atoms with Crippen LogP contribution >= 0.6 is 0 Å². The van der Waals surface area contributed by atoms with E-state index in [0.29, 0.717) is 31.2 Å². The maximum Gasteiger partial charge on any atom is 0.225 e. The van der Waals surface area contributed by atoms with Crippen LogP contribution < -0.4 is 11.1 Å². The summed E-state index contributed by atoms with van der Waals surface area (Å²) in [4.78, 5) is 14.2. The fourth-order valence-electron chi connectivity index (χ4n) is 2.29. The van der Waals surface area contributed by atoms with Crippen LogP contribution in [-0.4, -0.2) is 41.7 Å². The summed E-state index contributed by atoms with van der Waals surface area (Å²) in [6.45, 7) is 3.38. The Morgan fingerprint density at radius 2 is 2.20 bits per heavy atom. The number of benzene rings is 1. The fourth-order valence-corrected chi connectivity index (χ4v) is 2.29. The first-order valence-electron chi connectivity index (χ1n) is 7.11. The van der Waals surface area contributed by atoms with Gasteiger partial charge in [-0.1, -0.05) is 6.07 Å². The highest BCUT2D eigenvalue weighted by atomic mass is 16.3. The Hall–Kier alpha value is -1.59. The van der Waals surface area contributed by atoms with Gasteiger partial charge in [0.15, 0.2) is 0 Å². The second-order valence-electron chi connectivity index (χ2n) is 5.31. The summed E-state index contributed by atoms with van der Waals surface area (Å²) < 4.78 is 0. The lowest BCUT2D eigenvalue weighted by Gasteiger charge is -2.20. The summed E-state index contributed by atoms with van der Waals surface area (Å²) in [5, 5.41) is 11.9. The normalized spacial score (nSPS) is 14.6. The predicted molar refractivity (Wildman–Crippen MR) is 80.5 cm³/mol. The van der Waals surface area contributed by atoms with E-state index in [2.05, 4.69) is 10.2 Å². The third kappa shape index (κ3) is 3.95. The minimum absolute atomic E-state index is 0.0118. The number of hydrogen-bond acceptors (Lipinski definition) is 4. The number of nitrogens with one attached hydrogen (secondary N) is 1. The molecule has 0 saturated heterocycles. The van der Waals surface area contributed by atoms with E-state index in [0.717, 1.165) is 11.3 Å². The number of hydrogen-bond donors (Lipinski definition) is 3. The van der Waals surface area contributed by atoms with E-state index in [4.69, 9.17) is 10.8 Å². The van der Waals surface area contributed by atoms with Crippen molar-refractivity contribution in [3.8, 4) is 0 Å². The minimum atomic E-state index is -0.0118. The third-order valence-corrected chi connectivity index (χ3v) is 3.73. The molecule has 5 nitrogen and oxygen atoms in total. The molecule has 1 aromatic carbocycles. The van der Waals surface area contributed by atoms with Gasteiger partial charge in [-0.3, -0.25) is 9.69 Å². The van der Waals surface area contributed by atoms with Crippen LogP contribution in [0.4, 0.5) is 11.4 Å². The lowest BCUT2D eigenvalue weighted by Crippen LogP contribution is -2.32. The Morgan fingerprint density at radius 1 is 1.45 bits per heavy atom. The summed E-state index contributed by atoms with van der Waals surface area (Å²) in [5.74, 6) is -0.0118. The van der Waals surface area contributed by atoms with Crippen molar-refractivity contribution < 1.29 is 9.90 Å². The Labute approximate surface area is 119 Å². The Balaban J connectivity index is 1.84. The van der Waals surface area contributed by atoms with E-state index in [1.54, 1.807) is 0 Å². The van der Waals surface area contributed by atoms with Crippen molar-refractivity contribution in [1.82, 2.24) is 4.90 Å². The number of carbonyl (C=O) groups is 1. The molecular weight excluding hydrogens is 254 g/mol. The second-order valence-corrected chi connectivity index (χ2v) is 5.31. The van der Waals surface area contributed by atoms with Crippen LogP contribution in [0, 0.1) is 6.92 Å². The zero-order chi connectivity index (χ0) is 14.5. The molecule has 0 atom stereocenters. The van der Waals surface area contributed by atoms with E-state index < -0.39 is 0 Å². The van der Waals surface area contributed by atoms with Crippen LogP contribution in [0.15, 0.2) is 18.2 Å². The molecule has 0 heterocycles. The first-order valence-corrected chi connectivity index (χ1v) is 7.11. The second kappa shape index (κ2) is 6.72. The summed E-state index contributed by atoms with van der Waals surface area (Å²) in [5.41, 5.74) is 8.17. The summed E-state index contributed by atoms with van der Waals surface area (Å²) in [7, 11) is 0. The molecule has 2 rings (SSSR count). The smallest absolute Gasteiger partial charge is 0.225 e. The Morgan fingerprint density at radius 3 is 2.85 bits per heavy atom. The zero-order valence-electron chi connectivity index (χ0n) is 11.9. The number of aliphatic hydroxyl groups is 1. The van der Waals surface area contributed by atoms with Crippen molar-refractivity contribution in [1.29, 1.82) is 0 Å². The zero-order valence-corrected chi connectivity index (χ0v) is 11.9. The largest absolute Gasteiger partial charge is 0.398 e. The van der Waals surface area contributed by atoms with Crippen LogP contribution in [0.25, 0.3) is 0 Å². The molecule has 110 valence electrons. The number of nitrogen functional groups attached to an aromatic ring is 1. The first-order chi connectivity index (χ1) is 9.61. The molecule has 1 amide bonds. The fraction of sp³-hybridized carbons (Fsp3) is 0.533. The number of carbonyl (C=O) groups excluding carboxylic acids is 1. The topological polar surface area (TPSA) is 78.6 Å². The highest BCUT2D eigenvalue weighted by molar-refractivity contribution is 5.92. The highest BCUT2D eigenvalue weighted by Crippen LogP contribution is 2.26. The SMILES string of the molecule is Cc1c(N)cccc1NC(=O)CCN(CCO)C1CC1. The summed E-state index contributed by atoms with van der Waals surface area (Å²) in [6.07, 6.45) is 2.79. The van der Waals surface area contributed by atoms with Gasteiger partial charge in [-0.2, -0.15) is 0 Å². The molecule has 1 fully saturated rings. The van der Waals surface area contributed by atoms with Gasteiger partial charge in [-0.05, 0) is 37.5 Å². The van der Waals surface area contributed by atoms with Crippen LogP contribution in [0.2, 0.25) is 0 Å². The van der Waals surface area contributed by atoms with Gasteiger partial charge in [-0.25, -0.2) is 0 Å². The van der Waals surface area contributed by atoms with Crippen molar-refractivity contribution in [3.05, 3.63) is 23.8 Å². The maximum absolute atomic E-state index is 12.0. The molecule has 5 heteroatoms. The number of anilines is 2. The number of nitrogens with zero attached hydrogens (tertiary/aromatic N) is 1. The summed E-state index contributed by atoms with van der Waals surface area (Å²) in [6, 6.07) is 6.07. The predicted octanol–water partition coefficient (Wildman–Crippen LogP) is 1.36. The molecule has 1 aliphatic carbocycles. The van der Waals surface area contributed by atoms with Gasteiger partial charge < -0.3 is 16.2 Å². The van der Waals surface area contributed by atoms with Gasteiger partial charge in [0.2, 0.25) is 5.91 Å². The van der Waals surface area contributed by atoms with Crippen LogP contribution in [0.1, 0.15) is 24.8 Å². The van der Waals surface area contributed by atoms with Gasteiger partial charge in [0.1, 0.15) is 0 Å². The minimum Gasteiger partial charge on any atom is -0.398 e. The number of nitrogens with two attached hydrogens (primary N) is 1. The van der Waals surface area contributed by atoms with Gasteiger partial charge in [-0.15, -0.1) is 0 Å². The summed E-state index contributed by atoms with van der Waals surface area (Å²) >= 11 is 0. The van der Waals surface area contributed by atoms with E-state index in [1.807, 2.05) is 25.1 Å². The van der Waals surface area contributed by atoms with E-state index in [-0.39, 0.29) is 12.5 Å². The molecule has 20 heavy (non-hydrogen) atoms. The molecule has 1 saturated carbocycles. The molecule has 1 aliphatic rings. The average Bonchev–Trinajstić information content (AvgIpc) is 3.24. The maximum atomic E-state index is 12.0. The Bertz CT molecular complexity index is 472. The molecular formula is C15H23N3O2. The van der Waals surface area contributed by atoms with Crippen LogP contribution in [0.3, 0.4) is 0 Å². The molecule has 0 unspecified atom stereocenters. The molecule has 0 aliphatic heterocycles. The Kier molecular flexibility index (Phi) is 4.98. The number of rotatable bonds is 7. The van der Waals surface area contributed by atoms with Crippen molar-refractivity contribution in [2.75, 3.05) is 30.7 Å². The third-order valence-electron chi connectivity index (χ3n) is 3.73. The molecule has 0 aromatic heterocycles. The standard InChI is InChI=1S/C15H23N3O2/c1-11-13(16)3-2-4-14(11)17-15(20)7-8-18(9-10-19)12-5-6-12/h2-4,12,19H,5-10,16H2,1H3,(H,17,20). The van der Waals surface area contributed by atoms with Crippen molar-refractivity contribution >= 4 is 17.3 Å².